The van der Waals surface area contributed by atoms with E-state index < -0.39 is 13.4 Å². The molecule has 0 saturated heterocycles. The Morgan fingerprint density at radius 1 is 1.23 bits per heavy atom. The molecule has 5 nitrogen and oxygen atoms in total. The molecule has 0 aromatic heterocycles. The summed E-state index contributed by atoms with van der Waals surface area (Å²) in [6, 6.07) is 5.40. The minimum absolute atomic E-state index is 0.0293. The fraction of sp³-hybridized carbons (Fsp3) is 0.143. The summed E-state index contributed by atoms with van der Waals surface area (Å²) in [5, 5.41) is 8.91. The molecule has 0 aliphatic heterocycles. The number of rotatable bonds is 2. The Bertz CT molecular complexity index is 331. The zero-order valence-electron chi connectivity index (χ0n) is 6.66. The summed E-state index contributed by atoms with van der Waals surface area (Å²) in [5.74, 6) is -1.30. The lowest BCUT2D eigenvalue weighted by Crippen LogP contribution is -2.10. The van der Waals surface area contributed by atoms with E-state index in [2.05, 4.69) is 0 Å². The fourth-order valence-corrected chi connectivity index (χ4v) is 1.43. The van der Waals surface area contributed by atoms with Crippen LogP contribution in [0.25, 0.3) is 0 Å². The van der Waals surface area contributed by atoms with Gasteiger partial charge in [-0.05, 0) is 17.7 Å². The summed E-state index contributed by atoms with van der Waals surface area (Å²) in [5.41, 5.74) is 5.57. The second kappa shape index (κ2) is 3.47. The maximum Gasteiger partial charge on any atom is 0.346 e. The molecule has 0 unspecified atom stereocenters. The summed E-state index contributed by atoms with van der Waals surface area (Å²) in [4.78, 5) is 17.5. The molecule has 0 saturated carbocycles. The average Bonchev–Trinajstić information content (AvgIpc) is 2.03. The van der Waals surface area contributed by atoms with E-state index in [0.29, 0.717) is 5.56 Å². The molecule has 0 aliphatic rings. The third-order valence-corrected chi connectivity index (χ3v) is 2.62. The first kappa shape index (κ1) is 10.2. The van der Waals surface area contributed by atoms with Gasteiger partial charge < -0.3 is 20.6 Å². The number of aromatic hydroxyl groups is 1. The van der Waals surface area contributed by atoms with Gasteiger partial charge in [0.05, 0.1) is 0 Å². The number of phenols is 1. The topological polar surface area (TPSA) is 104 Å². The lowest BCUT2D eigenvalue weighted by atomic mass is 10.2. The van der Waals surface area contributed by atoms with Crippen LogP contribution in [-0.4, -0.2) is 14.9 Å². The van der Waals surface area contributed by atoms with Gasteiger partial charge in [-0.25, -0.2) is 0 Å². The largest absolute Gasteiger partial charge is 0.508 e. The van der Waals surface area contributed by atoms with Gasteiger partial charge in [0.25, 0.3) is 0 Å². The lowest BCUT2D eigenvalue weighted by Gasteiger charge is -2.13. The number of hydrogen-bond donors (Lipinski definition) is 4. The summed E-state index contributed by atoms with van der Waals surface area (Å²) in [6.07, 6.45) is 0. The van der Waals surface area contributed by atoms with Crippen LogP contribution in [0.5, 0.6) is 5.75 Å². The van der Waals surface area contributed by atoms with Crippen molar-refractivity contribution in [3.05, 3.63) is 29.8 Å². The molecule has 0 aliphatic carbocycles. The first-order chi connectivity index (χ1) is 5.91. The molecule has 0 amide bonds. The molecular formula is C7H10NO4P. The van der Waals surface area contributed by atoms with Crippen molar-refractivity contribution in [2.45, 2.75) is 5.78 Å². The Kier molecular flexibility index (Phi) is 2.73. The van der Waals surface area contributed by atoms with Crippen LogP contribution in [-0.2, 0) is 4.57 Å². The molecule has 1 aromatic carbocycles. The highest BCUT2D eigenvalue weighted by molar-refractivity contribution is 7.52. The normalized spacial score (nSPS) is 14.1. The number of benzene rings is 1. The van der Waals surface area contributed by atoms with E-state index in [1.165, 1.54) is 24.3 Å². The van der Waals surface area contributed by atoms with Gasteiger partial charge in [-0.15, -0.1) is 0 Å². The summed E-state index contributed by atoms with van der Waals surface area (Å²) < 4.78 is 10.7. The van der Waals surface area contributed by atoms with Gasteiger partial charge >= 0.3 is 7.60 Å². The van der Waals surface area contributed by atoms with Crippen LogP contribution in [0.1, 0.15) is 11.3 Å². The Balaban J connectivity index is 2.97. The van der Waals surface area contributed by atoms with E-state index in [1.54, 1.807) is 0 Å². The number of phenolic OH excluding ortho intramolecular Hbond substituents is 1. The zero-order chi connectivity index (χ0) is 10.1. The monoisotopic (exact) mass is 203 g/mol. The minimum atomic E-state index is -4.30. The Hall–Kier alpha value is -0.870. The third-order valence-electron chi connectivity index (χ3n) is 1.60. The molecule has 72 valence electrons. The smallest absolute Gasteiger partial charge is 0.346 e. The van der Waals surface area contributed by atoms with Gasteiger partial charge in [0.2, 0.25) is 0 Å². The number of hydrogen-bond acceptors (Lipinski definition) is 3. The van der Waals surface area contributed by atoms with E-state index in [-0.39, 0.29) is 5.75 Å². The number of nitrogens with two attached hydrogens (primary N) is 1. The van der Waals surface area contributed by atoms with Crippen molar-refractivity contribution in [1.82, 2.24) is 0 Å². The second-order valence-corrected chi connectivity index (χ2v) is 4.36. The highest BCUT2D eigenvalue weighted by Gasteiger charge is 2.25. The van der Waals surface area contributed by atoms with E-state index in [1.807, 2.05) is 0 Å². The minimum Gasteiger partial charge on any atom is -0.508 e. The van der Waals surface area contributed by atoms with Crippen LogP contribution in [0.2, 0.25) is 0 Å². The van der Waals surface area contributed by atoms with Crippen LogP contribution >= 0.6 is 7.60 Å². The van der Waals surface area contributed by atoms with Gasteiger partial charge in [-0.3, -0.25) is 4.57 Å². The second-order valence-electron chi connectivity index (χ2n) is 2.63. The van der Waals surface area contributed by atoms with Crippen LogP contribution in [0.3, 0.4) is 0 Å². The molecule has 0 spiro atoms. The standard InChI is InChI=1S/C7H10NO4P/c8-7(13(10,11)12)5-1-3-6(9)4-2-5/h1-4,7,9H,8H2,(H2,10,11,12)/t7-/m1/s1. The van der Waals surface area contributed by atoms with Crippen molar-refractivity contribution in [2.24, 2.45) is 5.73 Å². The summed E-state index contributed by atoms with van der Waals surface area (Å²) in [6.45, 7) is 0. The summed E-state index contributed by atoms with van der Waals surface area (Å²) in [7, 11) is -4.30. The van der Waals surface area contributed by atoms with Gasteiger partial charge in [0.1, 0.15) is 11.5 Å². The van der Waals surface area contributed by atoms with Crippen molar-refractivity contribution in [1.29, 1.82) is 0 Å². The lowest BCUT2D eigenvalue weighted by molar-refractivity contribution is 0.359. The predicted molar refractivity (Wildman–Crippen MR) is 47.1 cm³/mol. The molecule has 5 N–H and O–H groups in total. The highest BCUT2D eigenvalue weighted by atomic mass is 31.2. The molecule has 1 atom stereocenters. The van der Waals surface area contributed by atoms with E-state index in [0.717, 1.165) is 0 Å². The van der Waals surface area contributed by atoms with Gasteiger partial charge in [-0.2, -0.15) is 0 Å². The third kappa shape index (κ3) is 2.54. The fourth-order valence-electron chi connectivity index (χ4n) is 0.866. The SMILES string of the molecule is N[C@@H](c1ccc(O)cc1)P(=O)(O)O. The van der Waals surface area contributed by atoms with Gasteiger partial charge in [-0.1, -0.05) is 12.1 Å². The van der Waals surface area contributed by atoms with E-state index in [4.69, 9.17) is 20.6 Å². The van der Waals surface area contributed by atoms with Crippen molar-refractivity contribution in [3.8, 4) is 5.75 Å². The maximum absolute atomic E-state index is 10.7. The van der Waals surface area contributed by atoms with E-state index >= 15 is 0 Å². The van der Waals surface area contributed by atoms with Crippen LogP contribution < -0.4 is 5.73 Å². The van der Waals surface area contributed by atoms with Crippen molar-refractivity contribution >= 4 is 7.60 Å². The van der Waals surface area contributed by atoms with Crippen molar-refractivity contribution < 1.29 is 19.5 Å². The molecule has 0 radical (unpaired) electrons. The zero-order valence-corrected chi connectivity index (χ0v) is 7.56. The molecular weight excluding hydrogens is 193 g/mol. The molecule has 1 aromatic rings. The van der Waals surface area contributed by atoms with Crippen LogP contribution in [0.4, 0.5) is 0 Å². The van der Waals surface area contributed by atoms with E-state index in [9.17, 15) is 4.57 Å². The van der Waals surface area contributed by atoms with Crippen LogP contribution in [0.15, 0.2) is 24.3 Å². The average molecular weight is 203 g/mol. The molecule has 0 bridgehead atoms. The van der Waals surface area contributed by atoms with Gasteiger partial charge in [0.15, 0.2) is 0 Å². The molecule has 13 heavy (non-hydrogen) atoms. The molecule has 0 heterocycles. The molecule has 1 rings (SSSR count). The molecule has 6 heteroatoms. The Morgan fingerprint density at radius 2 is 1.69 bits per heavy atom. The van der Waals surface area contributed by atoms with Crippen molar-refractivity contribution in [3.63, 3.8) is 0 Å². The first-order valence-corrected chi connectivity index (χ1v) is 5.19. The Morgan fingerprint density at radius 3 is 2.08 bits per heavy atom. The van der Waals surface area contributed by atoms with Crippen molar-refractivity contribution in [2.75, 3.05) is 0 Å². The molecule has 0 fully saturated rings. The summed E-state index contributed by atoms with van der Waals surface area (Å²) >= 11 is 0. The predicted octanol–water partition coefficient (Wildman–Crippen LogP) is 0.527. The first-order valence-electron chi connectivity index (χ1n) is 3.51. The maximum atomic E-state index is 10.7. The highest BCUT2D eigenvalue weighted by Crippen LogP contribution is 2.48. The Labute approximate surface area is 75.0 Å². The quantitative estimate of drug-likeness (QED) is 0.525. The van der Waals surface area contributed by atoms with Crippen LogP contribution in [0, 0.1) is 0 Å². The van der Waals surface area contributed by atoms with Gasteiger partial charge in [0, 0.05) is 0 Å².